The number of quaternary nitrogens is 1. The molecule has 4 nitrogen and oxygen atoms in total. The maximum atomic E-state index is 5.65. The lowest BCUT2D eigenvalue weighted by molar-refractivity contribution is -0.919. The molecule has 1 fully saturated rings. The van der Waals surface area contributed by atoms with Gasteiger partial charge in [-0.2, -0.15) is 0 Å². The fourth-order valence-electron chi connectivity index (χ4n) is 3.15. The first-order valence-corrected chi connectivity index (χ1v) is 8.67. The molecule has 0 spiro atoms. The second-order valence-electron chi connectivity index (χ2n) is 5.98. The van der Waals surface area contributed by atoms with Crippen molar-refractivity contribution < 1.29 is 9.32 Å². The third-order valence-electron chi connectivity index (χ3n) is 4.39. The number of benzene rings is 1. The number of rotatable bonds is 6. The van der Waals surface area contributed by atoms with E-state index in [-0.39, 0.29) is 0 Å². The van der Waals surface area contributed by atoms with E-state index >= 15 is 0 Å². The van der Waals surface area contributed by atoms with Gasteiger partial charge in [0, 0.05) is 19.4 Å². The number of hydrogen-bond donors (Lipinski definition) is 3. The van der Waals surface area contributed by atoms with Crippen molar-refractivity contribution in [2.24, 2.45) is 0 Å². The second kappa shape index (κ2) is 8.13. The monoisotopic (exact) mass is 330 g/mol. The first-order valence-electron chi connectivity index (χ1n) is 8.26. The molecule has 0 saturated carbocycles. The molecule has 2 aromatic rings. The Morgan fingerprint density at radius 2 is 1.87 bits per heavy atom. The summed E-state index contributed by atoms with van der Waals surface area (Å²) in [5.41, 5.74) is 1.23. The summed E-state index contributed by atoms with van der Waals surface area (Å²) in [5, 5.41) is 7.33. The highest BCUT2D eigenvalue weighted by atomic mass is 32.1. The molecular formula is C18H24N3OS+. The number of furan rings is 1. The molecule has 122 valence electrons. The first kappa shape index (κ1) is 16.0. The van der Waals surface area contributed by atoms with Crippen LogP contribution in [0.4, 0.5) is 0 Å². The highest BCUT2D eigenvalue weighted by Crippen LogP contribution is 2.11. The van der Waals surface area contributed by atoms with Crippen molar-refractivity contribution in [3.63, 3.8) is 0 Å². The molecule has 3 N–H and O–H groups in total. The molecule has 23 heavy (non-hydrogen) atoms. The molecule has 0 unspecified atom stereocenters. The lowest BCUT2D eigenvalue weighted by Crippen LogP contribution is -3.11. The summed E-state index contributed by atoms with van der Waals surface area (Å²) in [6.07, 6.45) is 4.34. The summed E-state index contributed by atoms with van der Waals surface area (Å²) in [4.78, 5) is 1.58. The normalized spacial score (nSPS) is 16.2. The van der Waals surface area contributed by atoms with E-state index in [4.69, 9.17) is 16.6 Å². The molecule has 1 aromatic heterocycles. The molecule has 1 aliphatic heterocycles. The number of hydrogen-bond acceptors (Lipinski definition) is 2. The van der Waals surface area contributed by atoms with Gasteiger partial charge in [-0.15, -0.1) is 0 Å². The topological polar surface area (TPSA) is 41.6 Å². The Hall–Kier alpha value is -1.85. The zero-order chi connectivity index (χ0) is 15.9. The molecule has 1 aliphatic rings. The summed E-state index contributed by atoms with van der Waals surface area (Å²) >= 11 is 5.41. The Kier molecular flexibility index (Phi) is 5.66. The van der Waals surface area contributed by atoms with Crippen LogP contribution in [-0.4, -0.2) is 24.7 Å². The van der Waals surface area contributed by atoms with Crippen LogP contribution in [0.2, 0.25) is 0 Å². The number of thiocarbonyl (C=S) groups is 1. The number of likely N-dealkylation sites (tertiary alicyclic amines) is 1. The van der Waals surface area contributed by atoms with Gasteiger partial charge in [0.25, 0.3) is 0 Å². The standard InChI is InChI=1S/C18H23N3OS/c23-18(19-13-15-7-2-1-3-8-15)20-14-16(17-9-6-12-22-17)21-10-4-5-11-21/h1-3,6-9,12,16H,4-5,10-11,13-14H2,(H2,19,20,23)/p+1/t16-/m0/s1. The molecule has 1 aromatic carbocycles. The summed E-state index contributed by atoms with van der Waals surface area (Å²) in [7, 11) is 0. The van der Waals surface area contributed by atoms with Crippen molar-refractivity contribution in [2.75, 3.05) is 19.6 Å². The van der Waals surface area contributed by atoms with Crippen molar-refractivity contribution >= 4 is 17.3 Å². The molecular weight excluding hydrogens is 306 g/mol. The van der Waals surface area contributed by atoms with E-state index in [1.54, 1.807) is 11.2 Å². The van der Waals surface area contributed by atoms with Crippen molar-refractivity contribution in [2.45, 2.75) is 25.4 Å². The molecule has 0 bridgehead atoms. The Balaban J connectivity index is 1.51. The molecule has 1 saturated heterocycles. The third-order valence-corrected chi connectivity index (χ3v) is 4.68. The zero-order valence-electron chi connectivity index (χ0n) is 13.3. The molecule has 2 heterocycles. The van der Waals surface area contributed by atoms with E-state index in [9.17, 15) is 0 Å². The average Bonchev–Trinajstić information content (AvgIpc) is 3.28. The van der Waals surface area contributed by atoms with Crippen molar-refractivity contribution in [3.8, 4) is 0 Å². The maximum Gasteiger partial charge on any atom is 0.166 e. The van der Waals surface area contributed by atoms with Gasteiger partial charge in [0.1, 0.15) is 0 Å². The molecule has 0 aliphatic carbocycles. The summed E-state index contributed by atoms with van der Waals surface area (Å²) in [5.74, 6) is 1.04. The minimum atomic E-state index is 0.323. The molecule has 5 heteroatoms. The molecule has 1 atom stereocenters. The van der Waals surface area contributed by atoms with E-state index < -0.39 is 0 Å². The quantitative estimate of drug-likeness (QED) is 0.705. The lowest BCUT2D eigenvalue weighted by atomic mass is 10.2. The third kappa shape index (κ3) is 4.56. The van der Waals surface area contributed by atoms with Gasteiger partial charge in [-0.05, 0) is 29.9 Å². The van der Waals surface area contributed by atoms with Crippen LogP contribution in [0.1, 0.15) is 30.2 Å². The fraction of sp³-hybridized carbons (Fsp3) is 0.389. The fourth-order valence-corrected chi connectivity index (χ4v) is 3.30. The summed E-state index contributed by atoms with van der Waals surface area (Å²) in [6, 6.07) is 14.6. The van der Waals surface area contributed by atoms with Crippen LogP contribution in [0.3, 0.4) is 0 Å². The Bertz CT molecular complexity index is 594. The molecule has 0 radical (unpaired) electrons. The Morgan fingerprint density at radius 1 is 1.09 bits per heavy atom. The number of nitrogens with one attached hydrogen (secondary N) is 3. The van der Waals surface area contributed by atoms with Crippen LogP contribution >= 0.6 is 12.2 Å². The van der Waals surface area contributed by atoms with Crippen molar-refractivity contribution in [1.29, 1.82) is 0 Å². The van der Waals surface area contributed by atoms with Gasteiger partial charge < -0.3 is 20.0 Å². The van der Waals surface area contributed by atoms with Crippen LogP contribution in [0.25, 0.3) is 0 Å². The van der Waals surface area contributed by atoms with Crippen molar-refractivity contribution in [1.82, 2.24) is 10.6 Å². The van der Waals surface area contributed by atoms with Crippen LogP contribution in [-0.2, 0) is 6.54 Å². The highest BCUT2D eigenvalue weighted by molar-refractivity contribution is 7.80. The highest BCUT2D eigenvalue weighted by Gasteiger charge is 2.29. The van der Waals surface area contributed by atoms with E-state index in [0.29, 0.717) is 11.2 Å². The molecule has 3 rings (SSSR count). The minimum Gasteiger partial charge on any atom is -0.463 e. The SMILES string of the molecule is S=C(NCc1ccccc1)NC[C@@H](c1ccco1)[NH+]1CCCC1. The summed E-state index contributed by atoms with van der Waals surface area (Å²) in [6.45, 7) is 3.95. The lowest BCUT2D eigenvalue weighted by Gasteiger charge is -2.23. The van der Waals surface area contributed by atoms with Gasteiger partial charge in [-0.25, -0.2) is 0 Å². The van der Waals surface area contributed by atoms with Crippen LogP contribution in [0.15, 0.2) is 53.1 Å². The van der Waals surface area contributed by atoms with Gasteiger partial charge in [-0.1, -0.05) is 30.3 Å². The van der Waals surface area contributed by atoms with Gasteiger partial charge in [0.15, 0.2) is 16.9 Å². The predicted molar refractivity (Wildman–Crippen MR) is 95.3 cm³/mol. The van der Waals surface area contributed by atoms with Crippen LogP contribution < -0.4 is 15.5 Å². The van der Waals surface area contributed by atoms with E-state index in [0.717, 1.165) is 18.8 Å². The van der Waals surface area contributed by atoms with Crippen molar-refractivity contribution in [3.05, 3.63) is 60.1 Å². The zero-order valence-corrected chi connectivity index (χ0v) is 14.1. The largest absolute Gasteiger partial charge is 0.463 e. The maximum absolute atomic E-state index is 5.65. The van der Waals surface area contributed by atoms with E-state index in [1.165, 1.54) is 31.5 Å². The predicted octanol–water partition coefficient (Wildman–Crippen LogP) is 1.66. The second-order valence-corrected chi connectivity index (χ2v) is 6.39. The Labute approximate surface area is 142 Å². The first-order chi connectivity index (χ1) is 11.3. The van der Waals surface area contributed by atoms with Gasteiger partial charge in [0.2, 0.25) is 0 Å². The van der Waals surface area contributed by atoms with Gasteiger partial charge >= 0.3 is 0 Å². The smallest absolute Gasteiger partial charge is 0.166 e. The average molecular weight is 330 g/mol. The van der Waals surface area contributed by atoms with Crippen LogP contribution in [0, 0.1) is 0 Å². The summed E-state index contributed by atoms with van der Waals surface area (Å²) < 4.78 is 5.65. The Morgan fingerprint density at radius 3 is 2.57 bits per heavy atom. The van der Waals surface area contributed by atoms with Crippen LogP contribution in [0.5, 0.6) is 0 Å². The minimum absolute atomic E-state index is 0.323. The van der Waals surface area contributed by atoms with Gasteiger partial charge in [0.05, 0.1) is 25.9 Å². The van der Waals surface area contributed by atoms with Gasteiger partial charge in [-0.3, -0.25) is 0 Å². The van der Waals surface area contributed by atoms with E-state index in [2.05, 4.69) is 28.8 Å². The van der Waals surface area contributed by atoms with E-state index in [1.807, 2.05) is 24.3 Å². The molecule has 0 amide bonds.